The van der Waals surface area contributed by atoms with Crippen LogP contribution >= 0.6 is 0 Å². The van der Waals surface area contributed by atoms with E-state index in [1.54, 1.807) is 0 Å². The van der Waals surface area contributed by atoms with Crippen molar-refractivity contribution in [2.75, 3.05) is 26.7 Å². The molecule has 6 amide bonds. The topological polar surface area (TPSA) is 128 Å². The average Bonchev–Trinajstić information content (AvgIpc) is 3.23. The van der Waals surface area contributed by atoms with Gasteiger partial charge in [-0.15, -0.1) is 0 Å². The van der Waals surface area contributed by atoms with Crippen LogP contribution in [0.25, 0.3) is 0 Å². The lowest BCUT2D eigenvalue weighted by Gasteiger charge is -2.43. The number of rotatable bonds is 5. The van der Waals surface area contributed by atoms with Crippen molar-refractivity contribution < 1.29 is 24.0 Å². The van der Waals surface area contributed by atoms with Gasteiger partial charge in [-0.3, -0.25) is 24.1 Å². The number of likely N-dealkylation sites (tertiary alicyclic amines) is 1. The molecule has 2 saturated heterocycles. The third-order valence-electron chi connectivity index (χ3n) is 6.48. The summed E-state index contributed by atoms with van der Waals surface area (Å²) in [7, 11) is 1.52. The van der Waals surface area contributed by atoms with Crippen LogP contribution in [0.5, 0.6) is 0 Å². The van der Waals surface area contributed by atoms with E-state index in [0.29, 0.717) is 25.8 Å². The maximum absolute atomic E-state index is 13.1. The first kappa shape index (κ1) is 23.0. The zero-order valence-electron chi connectivity index (χ0n) is 18.7. The highest BCUT2D eigenvalue weighted by Gasteiger charge is 2.56. The van der Waals surface area contributed by atoms with Crippen LogP contribution in [0.3, 0.4) is 0 Å². The number of carbonyl (C=O) groups excluding carboxylic acids is 5. The second-order valence-corrected chi connectivity index (χ2v) is 9.89. The van der Waals surface area contributed by atoms with Gasteiger partial charge in [0.2, 0.25) is 17.7 Å². The van der Waals surface area contributed by atoms with Gasteiger partial charge in [-0.2, -0.15) is 0 Å². The normalized spacial score (nSPS) is 29.8. The molecule has 172 valence electrons. The summed E-state index contributed by atoms with van der Waals surface area (Å²) in [6, 6.07) is -1.10. The highest BCUT2D eigenvalue weighted by atomic mass is 16.2. The molecule has 10 nitrogen and oxygen atoms in total. The van der Waals surface area contributed by atoms with Gasteiger partial charge in [-0.05, 0) is 43.4 Å². The minimum Gasteiger partial charge on any atom is -0.357 e. The Morgan fingerprint density at radius 2 is 1.90 bits per heavy atom. The number of nitrogens with zero attached hydrogens (tertiary/aromatic N) is 2. The van der Waals surface area contributed by atoms with Crippen LogP contribution < -0.4 is 16.0 Å². The summed E-state index contributed by atoms with van der Waals surface area (Å²) in [6.07, 6.45) is 3.35. The van der Waals surface area contributed by atoms with Gasteiger partial charge in [0.25, 0.3) is 5.91 Å². The van der Waals surface area contributed by atoms with Crippen molar-refractivity contribution in [1.29, 1.82) is 0 Å². The van der Waals surface area contributed by atoms with E-state index in [4.69, 9.17) is 0 Å². The number of carbonyl (C=O) groups is 5. The molecule has 1 aliphatic carbocycles. The zero-order valence-corrected chi connectivity index (χ0v) is 18.7. The molecule has 1 spiro atoms. The molecule has 0 bridgehead atoms. The summed E-state index contributed by atoms with van der Waals surface area (Å²) in [6.45, 7) is 5.95. The maximum atomic E-state index is 13.1. The number of amides is 6. The largest absolute Gasteiger partial charge is 0.357 e. The van der Waals surface area contributed by atoms with E-state index in [2.05, 4.69) is 36.7 Å². The van der Waals surface area contributed by atoms with Crippen LogP contribution in [0.2, 0.25) is 0 Å². The Morgan fingerprint density at radius 1 is 1.19 bits per heavy atom. The Morgan fingerprint density at radius 3 is 2.55 bits per heavy atom. The predicted octanol–water partition coefficient (Wildman–Crippen LogP) is -0.0236. The minimum atomic E-state index is -0.968. The molecule has 2 heterocycles. The quantitative estimate of drug-likeness (QED) is 0.523. The number of hydrogen-bond acceptors (Lipinski definition) is 5. The third-order valence-corrected chi connectivity index (χ3v) is 6.48. The second kappa shape index (κ2) is 8.47. The predicted molar refractivity (Wildman–Crippen MR) is 112 cm³/mol. The highest BCUT2D eigenvalue weighted by molar-refractivity contribution is 6.09. The van der Waals surface area contributed by atoms with Gasteiger partial charge < -0.3 is 20.9 Å². The Labute approximate surface area is 182 Å². The number of likely N-dealkylation sites (N-methyl/N-ethyl adjacent to an activating group) is 1. The van der Waals surface area contributed by atoms with Crippen LogP contribution in [-0.2, 0) is 19.2 Å². The van der Waals surface area contributed by atoms with E-state index < -0.39 is 30.1 Å². The van der Waals surface area contributed by atoms with E-state index in [1.807, 2.05) is 0 Å². The van der Waals surface area contributed by atoms with Crippen molar-refractivity contribution >= 4 is 29.7 Å². The monoisotopic (exact) mass is 435 g/mol. The van der Waals surface area contributed by atoms with Crippen molar-refractivity contribution in [2.45, 2.75) is 64.5 Å². The maximum Gasteiger partial charge on any atom is 0.325 e. The fourth-order valence-electron chi connectivity index (χ4n) is 5.63. The number of hydrogen-bond donors (Lipinski definition) is 3. The van der Waals surface area contributed by atoms with Crippen molar-refractivity contribution in [3.63, 3.8) is 0 Å². The molecule has 3 N–H and O–H groups in total. The SMILES string of the molecule is CNC(=O)C1CCCN1C(=O)CNC(=O)CN1C(=O)NC2(CC(C)CC(C)(C)C2)C1=O. The standard InChI is InChI=1S/C21H33N5O5/c1-13-8-20(2,3)12-21(9-13)18(30)26(19(31)24-21)11-15(27)23-10-16(28)25-7-5-6-14(25)17(29)22-4/h13-14H,5-12H2,1-4H3,(H,22,29)(H,23,27)(H,24,31). The van der Waals surface area contributed by atoms with Crippen molar-refractivity contribution in [3.8, 4) is 0 Å². The molecule has 3 aliphatic rings. The minimum absolute atomic E-state index is 0.0949. The van der Waals surface area contributed by atoms with Gasteiger partial charge in [-0.1, -0.05) is 20.8 Å². The summed E-state index contributed by atoms with van der Waals surface area (Å²) >= 11 is 0. The van der Waals surface area contributed by atoms with Gasteiger partial charge >= 0.3 is 6.03 Å². The highest BCUT2D eigenvalue weighted by Crippen LogP contribution is 2.46. The van der Waals surface area contributed by atoms with Crippen LogP contribution in [-0.4, -0.2) is 77.7 Å². The van der Waals surface area contributed by atoms with E-state index in [-0.39, 0.29) is 35.6 Å². The molecular formula is C21H33N5O5. The Bertz CT molecular complexity index is 797. The lowest BCUT2D eigenvalue weighted by molar-refractivity contribution is -0.139. The molecule has 31 heavy (non-hydrogen) atoms. The molecule has 0 aromatic carbocycles. The second-order valence-electron chi connectivity index (χ2n) is 9.89. The lowest BCUT2D eigenvalue weighted by atomic mass is 9.64. The zero-order chi connectivity index (χ0) is 23.0. The van der Waals surface area contributed by atoms with Crippen LogP contribution in [0.1, 0.15) is 52.9 Å². The first-order valence-electron chi connectivity index (χ1n) is 10.9. The molecule has 3 rings (SSSR count). The first-order valence-corrected chi connectivity index (χ1v) is 10.9. The number of urea groups is 1. The van der Waals surface area contributed by atoms with E-state index in [1.165, 1.54) is 11.9 Å². The third kappa shape index (κ3) is 4.67. The molecular weight excluding hydrogens is 402 g/mol. The van der Waals surface area contributed by atoms with Gasteiger partial charge in [-0.25, -0.2) is 4.79 Å². The molecule has 3 fully saturated rings. The van der Waals surface area contributed by atoms with Crippen LogP contribution in [0.4, 0.5) is 4.79 Å². The van der Waals surface area contributed by atoms with Crippen molar-refractivity contribution in [2.24, 2.45) is 11.3 Å². The Balaban J connectivity index is 1.57. The molecule has 0 radical (unpaired) electrons. The van der Waals surface area contributed by atoms with E-state index in [9.17, 15) is 24.0 Å². The first-order chi connectivity index (χ1) is 14.5. The molecule has 2 aliphatic heterocycles. The fourth-order valence-corrected chi connectivity index (χ4v) is 5.63. The van der Waals surface area contributed by atoms with Crippen LogP contribution in [0, 0.1) is 11.3 Å². The summed E-state index contributed by atoms with van der Waals surface area (Å²) < 4.78 is 0. The van der Waals surface area contributed by atoms with Gasteiger partial charge in [0, 0.05) is 13.6 Å². The fraction of sp³-hybridized carbons (Fsp3) is 0.762. The van der Waals surface area contributed by atoms with Gasteiger partial charge in [0.05, 0.1) is 6.54 Å². The lowest BCUT2D eigenvalue weighted by Crippen LogP contribution is -2.54. The molecule has 1 saturated carbocycles. The molecule has 3 unspecified atom stereocenters. The Hall–Kier alpha value is -2.65. The number of nitrogens with one attached hydrogen (secondary N) is 3. The van der Waals surface area contributed by atoms with Crippen molar-refractivity contribution in [1.82, 2.24) is 25.8 Å². The summed E-state index contributed by atoms with van der Waals surface area (Å²) in [5, 5.41) is 7.86. The van der Waals surface area contributed by atoms with Crippen LogP contribution in [0.15, 0.2) is 0 Å². The smallest absolute Gasteiger partial charge is 0.325 e. The van der Waals surface area contributed by atoms with E-state index in [0.717, 1.165) is 17.7 Å². The average molecular weight is 436 g/mol. The summed E-state index contributed by atoms with van der Waals surface area (Å²) in [5.74, 6) is -1.29. The van der Waals surface area contributed by atoms with E-state index >= 15 is 0 Å². The Kier molecular flexibility index (Phi) is 6.29. The van der Waals surface area contributed by atoms with Gasteiger partial charge in [0.1, 0.15) is 18.1 Å². The molecule has 0 aromatic rings. The molecule has 10 heteroatoms. The van der Waals surface area contributed by atoms with Crippen molar-refractivity contribution in [3.05, 3.63) is 0 Å². The molecule has 3 atom stereocenters. The number of imide groups is 1. The van der Waals surface area contributed by atoms with Gasteiger partial charge in [0.15, 0.2) is 0 Å². The molecule has 0 aromatic heterocycles. The summed E-state index contributed by atoms with van der Waals surface area (Å²) in [4.78, 5) is 64.8. The summed E-state index contributed by atoms with van der Waals surface area (Å²) in [5.41, 5.74) is -1.06.